The highest BCUT2D eigenvalue weighted by Crippen LogP contribution is 2.04. The molecule has 2 heteroatoms. The third-order valence-corrected chi connectivity index (χ3v) is 3.67. The van der Waals surface area contributed by atoms with Crippen LogP contribution in [0.15, 0.2) is 0 Å². The molecule has 0 rings (SSSR count). The quantitative estimate of drug-likeness (QED) is 0.536. The van der Waals surface area contributed by atoms with Crippen LogP contribution in [0.4, 0.5) is 0 Å². The van der Waals surface area contributed by atoms with Gasteiger partial charge < -0.3 is 4.90 Å². The minimum Gasteiger partial charge on any atom is -0.321 e. The van der Waals surface area contributed by atoms with E-state index in [1.54, 1.807) is 0 Å². The second-order valence-corrected chi connectivity index (χ2v) is 4.38. The molecule has 0 aromatic carbocycles. The van der Waals surface area contributed by atoms with E-state index in [0.29, 0.717) is 15.2 Å². The number of nitrogens with zero attached hydrogens (tertiary/aromatic N) is 1. The van der Waals surface area contributed by atoms with Gasteiger partial charge in [0.25, 0.3) is 0 Å². The largest absolute Gasteiger partial charge is 0.321 e. The molecule has 0 fully saturated rings. The molecular weight excluding hydrogens is 125 g/mol. The van der Waals surface area contributed by atoms with E-state index in [0.717, 1.165) is 10.8 Å². The zero-order chi connectivity index (χ0) is 7.44. The summed E-state index contributed by atoms with van der Waals surface area (Å²) in [7, 11) is 4.34. The SMILES string of the molecule is [CH3][Al][CH](C(C)C)N(C)C. The molecule has 1 unspecified atom stereocenters. The highest BCUT2D eigenvalue weighted by atomic mass is 27.1. The third-order valence-electron chi connectivity index (χ3n) is 1.62. The minimum absolute atomic E-state index is 0.597. The molecule has 0 N–H and O–H groups in total. The van der Waals surface area contributed by atoms with Crippen LogP contribution < -0.4 is 0 Å². The Balaban J connectivity index is 3.68. The van der Waals surface area contributed by atoms with Crippen LogP contribution in [0.3, 0.4) is 0 Å². The second kappa shape index (κ2) is 4.33. The fourth-order valence-electron chi connectivity index (χ4n) is 1.28. The number of rotatable bonds is 3. The van der Waals surface area contributed by atoms with Crippen molar-refractivity contribution >= 4 is 15.2 Å². The Morgan fingerprint density at radius 3 is 1.67 bits per heavy atom. The summed E-state index contributed by atoms with van der Waals surface area (Å²) in [6, 6.07) is 0. The van der Waals surface area contributed by atoms with E-state index >= 15 is 0 Å². The molecule has 0 heterocycles. The van der Waals surface area contributed by atoms with Crippen molar-refractivity contribution in [2.45, 2.75) is 24.5 Å². The van der Waals surface area contributed by atoms with Crippen molar-refractivity contribution in [3.63, 3.8) is 0 Å². The highest BCUT2D eigenvalue weighted by molar-refractivity contribution is 6.35. The maximum atomic E-state index is 2.33. The van der Waals surface area contributed by atoms with Crippen molar-refractivity contribution < 1.29 is 0 Å². The Hall–Kier alpha value is 0.492. The van der Waals surface area contributed by atoms with Gasteiger partial charge in [-0.3, -0.25) is 0 Å². The maximum absolute atomic E-state index is 2.33. The molecule has 0 saturated heterocycles. The van der Waals surface area contributed by atoms with E-state index in [1.165, 1.54) is 0 Å². The highest BCUT2D eigenvalue weighted by Gasteiger charge is 2.12. The van der Waals surface area contributed by atoms with Crippen LogP contribution in [-0.2, 0) is 0 Å². The summed E-state index contributed by atoms with van der Waals surface area (Å²) in [5.74, 6) is 3.14. The molecule has 0 aliphatic heterocycles. The second-order valence-electron chi connectivity index (χ2n) is 3.03. The van der Waals surface area contributed by atoms with Crippen LogP contribution >= 0.6 is 0 Å². The van der Waals surface area contributed by atoms with Crippen LogP contribution in [0.2, 0.25) is 5.79 Å². The average molecular weight is 142 g/mol. The summed E-state index contributed by atoms with van der Waals surface area (Å²) < 4.78 is 0. The summed E-state index contributed by atoms with van der Waals surface area (Å²) in [5.41, 5.74) is 0. The summed E-state index contributed by atoms with van der Waals surface area (Å²) in [4.78, 5) is 3.17. The normalized spacial score (nSPS) is 14.6. The van der Waals surface area contributed by atoms with Gasteiger partial charge in [0.15, 0.2) is 0 Å². The molecule has 0 aliphatic rings. The Bertz CT molecular complexity index is 63.3. The molecular formula is C7H17AlN. The molecule has 0 bridgehead atoms. The first kappa shape index (κ1) is 9.49. The summed E-state index contributed by atoms with van der Waals surface area (Å²) in [5, 5.41) is 0. The summed E-state index contributed by atoms with van der Waals surface area (Å²) in [6.07, 6.45) is 0. The Labute approximate surface area is 65.1 Å². The predicted molar refractivity (Wildman–Crippen MR) is 43.9 cm³/mol. The van der Waals surface area contributed by atoms with Gasteiger partial charge in [0.1, 0.15) is 0 Å². The molecule has 0 saturated carbocycles. The van der Waals surface area contributed by atoms with Gasteiger partial charge in [-0.15, -0.1) is 5.79 Å². The van der Waals surface area contributed by atoms with Crippen LogP contribution in [0.1, 0.15) is 13.8 Å². The number of hydrogen-bond acceptors (Lipinski definition) is 1. The van der Waals surface area contributed by atoms with Crippen LogP contribution in [0, 0.1) is 5.92 Å². The summed E-state index contributed by atoms with van der Waals surface area (Å²) >= 11 is 0.597. The monoisotopic (exact) mass is 142 g/mol. The van der Waals surface area contributed by atoms with Gasteiger partial charge in [-0.05, 0) is 24.9 Å². The van der Waals surface area contributed by atoms with Gasteiger partial charge in [-0.2, -0.15) is 0 Å². The molecule has 0 aromatic rings. The lowest BCUT2D eigenvalue weighted by atomic mass is 10.2. The molecule has 0 amide bonds. The molecule has 0 aliphatic carbocycles. The Morgan fingerprint density at radius 2 is 1.67 bits per heavy atom. The van der Waals surface area contributed by atoms with E-state index in [-0.39, 0.29) is 0 Å². The lowest BCUT2D eigenvalue weighted by molar-refractivity contribution is 0.309. The Morgan fingerprint density at radius 1 is 1.22 bits per heavy atom. The van der Waals surface area contributed by atoms with Crippen molar-refractivity contribution in [1.82, 2.24) is 4.90 Å². The van der Waals surface area contributed by atoms with Gasteiger partial charge in [0, 0.05) is 0 Å². The van der Waals surface area contributed by atoms with Gasteiger partial charge in [0.05, 0.1) is 0 Å². The van der Waals surface area contributed by atoms with E-state index < -0.39 is 0 Å². The molecule has 1 radical (unpaired) electrons. The average Bonchev–Trinajstić information content (AvgIpc) is 1.64. The van der Waals surface area contributed by atoms with Gasteiger partial charge >= 0.3 is 0 Å². The first-order valence-corrected chi connectivity index (χ1v) is 5.37. The molecule has 9 heavy (non-hydrogen) atoms. The van der Waals surface area contributed by atoms with Crippen LogP contribution in [0.25, 0.3) is 0 Å². The molecule has 53 valence electrons. The summed E-state index contributed by atoms with van der Waals surface area (Å²) in [6.45, 7) is 4.59. The van der Waals surface area contributed by atoms with Crippen LogP contribution in [0.5, 0.6) is 0 Å². The van der Waals surface area contributed by atoms with E-state index in [9.17, 15) is 0 Å². The van der Waals surface area contributed by atoms with Crippen molar-refractivity contribution in [3.05, 3.63) is 0 Å². The first-order valence-electron chi connectivity index (χ1n) is 3.55. The number of hydrogen-bond donors (Lipinski definition) is 0. The fourth-order valence-corrected chi connectivity index (χ4v) is 2.65. The fraction of sp³-hybridized carbons (Fsp3) is 1.00. The zero-order valence-corrected chi connectivity index (χ0v) is 8.33. The topological polar surface area (TPSA) is 3.24 Å². The Kier molecular flexibility index (Phi) is 4.57. The van der Waals surface area contributed by atoms with E-state index in [1.807, 2.05) is 0 Å². The maximum Gasteiger partial charge on any atom is 0.225 e. The van der Waals surface area contributed by atoms with Crippen molar-refractivity contribution in [1.29, 1.82) is 0 Å². The standard InChI is InChI=1S/C6H14N.CH3.Al/c1-6(2)5-7(3)4;;/h5-6H,1-4H3;1H3;. The van der Waals surface area contributed by atoms with E-state index in [4.69, 9.17) is 0 Å². The van der Waals surface area contributed by atoms with Crippen molar-refractivity contribution in [3.8, 4) is 0 Å². The van der Waals surface area contributed by atoms with Crippen molar-refractivity contribution in [2.75, 3.05) is 14.1 Å². The predicted octanol–water partition coefficient (Wildman–Crippen LogP) is 1.28. The zero-order valence-electron chi connectivity index (χ0n) is 7.18. The van der Waals surface area contributed by atoms with Crippen LogP contribution in [-0.4, -0.2) is 39.1 Å². The molecule has 1 nitrogen and oxygen atoms in total. The lowest BCUT2D eigenvalue weighted by Crippen LogP contribution is -2.36. The molecule has 0 spiro atoms. The lowest BCUT2D eigenvalue weighted by Gasteiger charge is -2.26. The third kappa shape index (κ3) is 3.25. The van der Waals surface area contributed by atoms with Gasteiger partial charge in [-0.25, -0.2) is 0 Å². The van der Waals surface area contributed by atoms with Gasteiger partial charge in [-0.1, -0.05) is 13.8 Å². The smallest absolute Gasteiger partial charge is 0.225 e. The molecule has 1 atom stereocenters. The van der Waals surface area contributed by atoms with Crippen molar-refractivity contribution in [2.24, 2.45) is 5.92 Å². The van der Waals surface area contributed by atoms with E-state index in [2.05, 4.69) is 38.6 Å². The minimum atomic E-state index is 0.597. The first-order chi connectivity index (χ1) is 4.09. The molecule has 0 aromatic heterocycles. The van der Waals surface area contributed by atoms with Gasteiger partial charge in [0.2, 0.25) is 15.2 Å².